The van der Waals surface area contributed by atoms with Gasteiger partial charge in [0.1, 0.15) is 5.82 Å². The zero-order valence-corrected chi connectivity index (χ0v) is 17.3. The minimum atomic E-state index is -0.240. The summed E-state index contributed by atoms with van der Waals surface area (Å²) in [4.78, 5) is 6.70. The van der Waals surface area contributed by atoms with Crippen molar-refractivity contribution in [1.29, 1.82) is 0 Å². The van der Waals surface area contributed by atoms with E-state index in [9.17, 15) is 4.39 Å². The summed E-state index contributed by atoms with van der Waals surface area (Å²) in [6.07, 6.45) is 4.89. The van der Waals surface area contributed by atoms with Gasteiger partial charge in [0.15, 0.2) is 0 Å². The predicted molar refractivity (Wildman–Crippen MR) is 113 cm³/mol. The lowest BCUT2D eigenvalue weighted by Gasteiger charge is -2.43. The summed E-state index contributed by atoms with van der Waals surface area (Å²) < 4.78 is 15.8. The fourth-order valence-corrected chi connectivity index (χ4v) is 3.78. The highest BCUT2D eigenvalue weighted by Gasteiger charge is 2.31. The van der Waals surface area contributed by atoms with Crippen molar-refractivity contribution in [2.24, 2.45) is 4.99 Å². The normalized spacial score (nSPS) is 15.9. The Labute approximate surface area is 163 Å². The van der Waals surface area contributed by atoms with Crippen LogP contribution in [-0.4, -0.2) is 18.3 Å². The fourth-order valence-electron chi connectivity index (χ4n) is 3.52. The van der Waals surface area contributed by atoms with E-state index in [0.717, 1.165) is 34.4 Å². The van der Waals surface area contributed by atoms with Gasteiger partial charge in [-0.15, -0.1) is 0 Å². The first kappa shape index (κ1) is 18.8. The van der Waals surface area contributed by atoms with Gasteiger partial charge >= 0.3 is 0 Å². The first-order valence-electron chi connectivity index (χ1n) is 8.92. The molecule has 0 unspecified atom stereocenters. The predicted octanol–water partition coefficient (Wildman–Crippen LogP) is 6.75. The second-order valence-electron chi connectivity index (χ2n) is 7.26. The minimum Gasteiger partial charge on any atom is -0.362 e. The van der Waals surface area contributed by atoms with Crippen LogP contribution in [0.4, 0.5) is 15.8 Å². The van der Waals surface area contributed by atoms with Crippen LogP contribution in [-0.2, 0) is 0 Å². The average Bonchev–Trinajstić information content (AvgIpc) is 2.58. The van der Waals surface area contributed by atoms with E-state index in [1.807, 2.05) is 30.3 Å². The number of nitrogens with zero attached hydrogens (tertiary/aromatic N) is 2. The Morgan fingerprint density at radius 1 is 1.19 bits per heavy atom. The molecule has 0 saturated carbocycles. The van der Waals surface area contributed by atoms with Crippen molar-refractivity contribution in [1.82, 2.24) is 0 Å². The number of benzene rings is 2. The highest BCUT2D eigenvalue weighted by molar-refractivity contribution is 9.10. The number of aliphatic imine (C=N–C) groups is 1. The molecule has 0 spiro atoms. The lowest BCUT2D eigenvalue weighted by Crippen LogP contribution is -2.45. The summed E-state index contributed by atoms with van der Waals surface area (Å²) in [5.41, 5.74) is 4.41. The highest BCUT2D eigenvalue weighted by atomic mass is 79.9. The van der Waals surface area contributed by atoms with Gasteiger partial charge in [-0.2, -0.15) is 0 Å². The van der Waals surface area contributed by atoms with Crippen LogP contribution < -0.4 is 4.90 Å². The van der Waals surface area contributed by atoms with Gasteiger partial charge in [0.25, 0.3) is 0 Å². The Bertz CT molecular complexity index is 866. The van der Waals surface area contributed by atoms with Gasteiger partial charge in [-0.1, -0.05) is 28.9 Å². The number of hydrogen-bond acceptors (Lipinski definition) is 2. The molecule has 0 N–H and O–H groups in total. The lowest BCUT2D eigenvalue weighted by atomic mass is 9.87. The van der Waals surface area contributed by atoms with E-state index in [2.05, 4.69) is 59.6 Å². The molecule has 26 heavy (non-hydrogen) atoms. The third kappa shape index (κ3) is 3.75. The van der Waals surface area contributed by atoms with Gasteiger partial charge in [-0.05, 0) is 69.2 Å². The average molecular weight is 415 g/mol. The molecule has 3 rings (SSSR count). The monoisotopic (exact) mass is 414 g/mol. The summed E-state index contributed by atoms with van der Waals surface area (Å²) >= 11 is 3.41. The van der Waals surface area contributed by atoms with Crippen LogP contribution in [0.25, 0.3) is 5.57 Å². The van der Waals surface area contributed by atoms with Crippen molar-refractivity contribution < 1.29 is 4.39 Å². The molecule has 2 nitrogen and oxygen atoms in total. The Kier molecular flexibility index (Phi) is 5.33. The molecule has 2 aromatic rings. The van der Waals surface area contributed by atoms with Crippen LogP contribution in [0.2, 0.25) is 0 Å². The van der Waals surface area contributed by atoms with Gasteiger partial charge in [0.2, 0.25) is 0 Å². The molecule has 0 aliphatic carbocycles. The van der Waals surface area contributed by atoms with Gasteiger partial charge in [-0.25, -0.2) is 4.39 Å². The van der Waals surface area contributed by atoms with Crippen molar-refractivity contribution in [3.05, 3.63) is 63.9 Å². The van der Waals surface area contributed by atoms with Gasteiger partial charge < -0.3 is 4.90 Å². The number of allylic oxidation sites excluding steroid dienone is 1. The third-order valence-corrected chi connectivity index (χ3v) is 5.25. The number of fused-ring (bicyclic) bond motifs is 1. The van der Waals surface area contributed by atoms with E-state index in [0.29, 0.717) is 5.56 Å². The van der Waals surface area contributed by atoms with Crippen molar-refractivity contribution in [2.45, 2.75) is 39.7 Å². The van der Waals surface area contributed by atoms with Crippen molar-refractivity contribution >= 4 is 39.1 Å². The molecule has 1 aliphatic heterocycles. The molecule has 0 saturated heterocycles. The SMILES string of the molecule is CCCN1c2cc(F)c(C=Nc3ccc(Br)cc3)cc2C(C)=CC1(C)C. The molecule has 0 atom stereocenters. The molecular formula is C22H24BrFN2. The number of halogens is 2. The molecule has 136 valence electrons. The largest absolute Gasteiger partial charge is 0.362 e. The molecule has 0 fully saturated rings. The molecule has 2 aromatic carbocycles. The van der Waals surface area contributed by atoms with Crippen molar-refractivity contribution in [3.63, 3.8) is 0 Å². The Morgan fingerprint density at radius 3 is 2.54 bits per heavy atom. The Balaban J connectivity index is 2.01. The fraction of sp³-hybridized carbons (Fsp3) is 0.318. The first-order valence-corrected chi connectivity index (χ1v) is 9.72. The van der Waals surface area contributed by atoms with E-state index in [4.69, 9.17) is 0 Å². The van der Waals surface area contributed by atoms with Crippen LogP contribution in [0, 0.1) is 5.82 Å². The maximum Gasteiger partial charge on any atom is 0.134 e. The molecule has 0 amide bonds. The topological polar surface area (TPSA) is 15.6 Å². The van der Waals surface area contributed by atoms with E-state index >= 15 is 0 Å². The second-order valence-corrected chi connectivity index (χ2v) is 8.17. The van der Waals surface area contributed by atoms with Crippen molar-refractivity contribution in [3.8, 4) is 0 Å². The van der Waals surface area contributed by atoms with Gasteiger partial charge in [-0.3, -0.25) is 4.99 Å². The van der Waals surface area contributed by atoms with Crippen LogP contribution in [0.1, 0.15) is 45.2 Å². The van der Waals surface area contributed by atoms with Crippen molar-refractivity contribution in [2.75, 3.05) is 11.4 Å². The molecular weight excluding hydrogens is 391 g/mol. The number of rotatable bonds is 4. The second kappa shape index (κ2) is 7.36. The van der Waals surface area contributed by atoms with Gasteiger partial charge in [0, 0.05) is 34.0 Å². The molecule has 1 heterocycles. The zero-order valence-electron chi connectivity index (χ0n) is 15.7. The smallest absolute Gasteiger partial charge is 0.134 e. The summed E-state index contributed by atoms with van der Waals surface area (Å²) in [7, 11) is 0. The van der Waals surface area contributed by atoms with Crippen LogP contribution in [0.3, 0.4) is 0 Å². The lowest BCUT2D eigenvalue weighted by molar-refractivity contribution is 0.546. The third-order valence-electron chi connectivity index (χ3n) is 4.72. The minimum absolute atomic E-state index is 0.118. The molecule has 0 bridgehead atoms. The number of hydrogen-bond donors (Lipinski definition) is 0. The summed E-state index contributed by atoms with van der Waals surface area (Å²) in [6, 6.07) is 11.2. The van der Waals surface area contributed by atoms with E-state index in [-0.39, 0.29) is 11.4 Å². The highest BCUT2D eigenvalue weighted by Crippen LogP contribution is 2.40. The Morgan fingerprint density at radius 2 is 1.88 bits per heavy atom. The maximum absolute atomic E-state index is 14.8. The quantitative estimate of drug-likeness (QED) is 0.505. The Hall–Kier alpha value is -1.94. The summed E-state index contributed by atoms with van der Waals surface area (Å²) in [5, 5.41) is 0. The molecule has 0 radical (unpaired) electrons. The van der Waals surface area contributed by atoms with Crippen LogP contribution in [0.15, 0.2) is 51.9 Å². The van der Waals surface area contributed by atoms with E-state index in [1.165, 1.54) is 5.57 Å². The maximum atomic E-state index is 14.8. The van der Waals surface area contributed by atoms with E-state index < -0.39 is 0 Å². The molecule has 0 aromatic heterocycles. The number of anilines is 1. The summed E-state index contributed by atoms with van der Waals surface area (Å²) in [6.45, 7) is 9.50. The standard InChI is InChI=1S/C22H24BrFN2/c1-5-10-26-21-12-20(24)16(11-19(21)15(2)13-22(26,3)4)14-25-18-8-6-17(23)7-9-18/h6-9,11-14H,5,10H2,1-4H3. The zero-order chi connectivity index (χ0) is 18.9. The van der Waals surface area contributed by atoms with Crippen LogP contribution >= 0.6 is 15.9 Å². The molecule has 1 aliphatic rings. The first-order chi connectivity index (χ1) is 12.3. The van der Waals surface area contributed by atoms with Crippen LogP contribution in [0.5, 0.6) is 0 Å². The van der Waals surface area contributed by atoms with Gasteiger partial charge in [0.05, 0.1) is 11.2 Å². The molecule has 4 heteroatoms. The van der Waals surface area contributed by atoms with E-state index in [1.54, 1.807) is 12.3 Å². The summed E-state index contributed by atoms with van der Waals surface area (Å²) in [5.74, 6) is -0.240.